The summed E-state index contributed by atoms with van der Waals surface area (Å²) in [7, 11) is 0. The van der Waals surface area contributed by atoms with Crippen molar-refractivity contribution in [2.75, 3.05) is 11.9 Å². The summed E-state index contributed by atoms with van der Waals surface area (Å²) >= 11 is 0. The van der Waals surface area contributed by atoms with Crippen LogP contribution in [0.5, 0.6) is 0 Å². The molecule has 0 aliphatic carbocycles. The van der Waals surface area contributed by atoms with Crippen molar-refractivity contribution in [2.24, 2.45) is 0 Å². The van der Waals surface area contributed by atoms with Crippen molar-refractivity contribution in [3.63, 3.8) is 0 Å². The highest BCUT2D eigenvalue weighted by molar-refractivity contribution is 5.34. The first-order valence-corrected chi connectivity index (χ1v) is 5.56. The maximum absolute atomic E-state index is 13.4. The van der Waals surface area contributed by atoms with E-state index in [0.717, 1.165) is 18.2 Å². The zero-order valence-corrected chi connectivity index (χ0v) is 9.78. The van der Waals surface area contributed by atoms with E-state index in [2.05, 4.69) is 10.3 Å². The van der Waals surface area contributed by atoms with Crippen LogP contribution in [-0.4, -0.2) is 16.6 Å². The molecule has 0 fully saturated rings. The van der Waals surface area contributed by atoms with Crippen LogP contribution in [-0.2, 0) is 0 Å². The first-order valence-electron chi connectivity index (χ1n) is 5.56. The Bertz CT molecular complexity index is 557. The van der Waals surface area contributed by atoms with Crippen LogP contribution in [0.25, 0.3) is 0 Å². The van der Waals surface area contributed by atoms with Gasteiger partial charge in [0, 0.05) is 6.54 Å². The van der Waals surface area contributed by atoms with Gasteiger partial charge < -0.3 is 10.4 Å². The monoisotopic (exact) mass is 268 g/mol. The fraction of sp³-hybridized carbons (Fsp3) is 0.154. The number of nitrogens with one attached hydrogen (secondary N) is 1. The molecule has 0 saturated heterocycles. The largest absolute Gasteiger partial charge is 0.386 e. The van der Waals surface area contributed by atoms with Crippen molar-refractivity contribution in [3.05, 3.63) is 59.5 Å². The first-order chi connectivity index (χ1) is 9.08. The molecule has 1 aromatic heterocycles. The molecule has 1 atom stereocenters. The number of anilines is 1. The quantitative estimate of drug-likeness (QED) is 0.838. The van der Waals surface area contributed by atoms with Crippen LogP contribution < -0.4 is 5.32 Å². The molecule has 0 radical (unpaired) electrons. The van der Waals surface area contributed by atoms with E-state index in [1.807, 2.05) is 0 Å². The molecular formula is C13H11F3N2O. The lowest BCUT2D eigenvalue weighted by Crippen LogP contribution is -2.15. The van der Waals surface area contributed by atoms with Crippen molar-refractivity contribution >= 4 is 5.82 Å². The van der Waals surface area contributed by atoms with Crippen molar-refractivity contribution in [1.29, 1.82) is 0 Å². The summed E-state index contributed by atoms with van der Waals surface area (Å²) in [6.45, 7) is -0.186. The van der Waals surface area contributed by atoms with E-state index in [9.17, 15) is 18.3 Å². The summed E-state index contributed by atoms with van der Waals surface area (Å²) in [5.41, 5.74) is -0.425. The summed E-state index contributed by atoms with van der Waals surface area (Å²) in [5, 5.41) is 12.4. The minimum atomic E-state index is -1.40. The van der Waals surface area contributed by atoms with Gasteiger partial charge in [0.1, 0.15) is 23.6 Å². The van der Waals surface area contributed by atoms with Crippen LogP contribution in [0.1, 0.15) is 11.7 Å². The van der Waals surface area contributed by atoms with Crippen molar-refractivity contribution < 1.29 is 18.3 Å². The third-order valence-corrected chi connectivity index (χ3v) is 2.52. The average Bonchev–Trinajstić information content (AvgIpc) is 2.36. The average molecular weight is 268 g/mol. The van der Waals surface area contributed by atoms with Gasteiger partial charge in [-0.2, -0.15) is 4.39 Å². The van der Waals surface area contributed by atoms with E-state index in [-0.39, 0.29) is 12.4 Å². The van der Waals surface area contributed by atoms with Gasteiger partial charge in [-0.15, -0.1) is 0 Å². The number of pyridine rings is 1. The predicted octanol–water partition coefficient (Wildman–Crippen LogP) is 2.64. The lowest BCUT2D eigenvalue weighted by Gasteiger charge is -2.14. The fourth-order valence-electron chi connectivity index (χ4n) is 1.64. The lowest BCUT2D eigenvalue weighted by molar-refractivity contribution is 0.181. The molecule has 0 aliphatic rings. The first kappa shape index (κ1) is 13.4. The second kappa shape index (κ2) is 5.71. The summed E-state index contributed by atoms with van der Waals surface area (Å²) in [6, 6.07) is 7.40. The van der Waals surface area contributed by atoms with Gasteiger partial charge in [0.2, 0.25) is 5.95 Å². The topological polar surface area (TPSA) is 45.1 Å². The summed E-state index contributed by atoms with van der Waals surface area (Å²) < 4.78 is 39.6. The summed E-state index contributed by atoms with van der Waals surface area (Å²) in [4.78, 5) is 3.51. The molecule has 0 amide bonds. The van der Waals surface area contributed by atoms with Crippen molar-refractivity contribution in [2.45, 2.75) is 6.10 Å². The van der Waals surface area contributed by atoms with Gasteiger partial charge in [-0.1, -0.05) is 12.1 Å². The Hall–Kier alpha value is -2.08. The third kappa shape index (κ3) is 3.23. The van der Waals surface area contributed by atoms with Crippen LogP contribution in [0.4, 0.5) is 19.0 Å². The fourth-order valence-corrected chi connectivity index (χ4v) is 1.64. The number of rotatable bonds is 4. The molecule has 1 aromatic carbocycles. The summed E-state index contributed by atoms with van der Waals surface area (Å²) in [5.74, 6) is -2.17. The highest BCUT2D eigenvalue weighted by Crippen LogP contribution is 2.20. The molecule has 2 aromatic rings. The normalized spacial score (nSPS) is 12.2. The Labute approximate surface area is 107 Å². The molecule has 0 aliphatic heterocycles. The van der Waals surface area contributed by atoms with Crippen molar-refractivity contribution in [3.8, 4) is 0 Å². The number of benzene rings is 1. The molecule has 1 heterocycles. The zero-order valence-electron chi connectivity index (χ0n) is 9.78. The molecule has 6 heteroatoms. The van der Waals surface area contributed by atoms with E-state index >= 15 is 0 Å². The Balaban J connectivity index is 2.07. The van der Waals surface area contributed by atoms with Crippen LogP contribution in [0, 0.1) is 17.6 Å². The standard InChI is InChI=1S/C13H11F3N2O/c14-8-3-1-4-9(15)13(8)10(19)7-17-12-6-2-5-11(16)18-12/h1-6,10,19H,7H2,(H,17,18). The third-order valence-electron chi connectivity index (χ3n) is 2.52. The van der Waals surface area contributed by atoms with E-state index in [4.69, 9.17) is 0 Å². The molecule has 3 nitrogen and oxygen atoms in total. The Morgan fingerprint density at radius 2 is 1.68 bits per heavy atom. The van der Waals surface area contributed by atoms with Crippen molar-refractivity contribution in [1.82, 2.24) is 4.98 Å². The lowest BCUT2D eigenvalue weighted by atomic mass is 10.1. The number of nitrogens with zero attached hydrogens (tertiary/aromatic N) is 1. The number of halogens is 3. The van der Waals surface area contributed by atoms with E-state index in [1.165, 1.54) is 18.2 Å². The maximum Gasteiger partial charge on any atom is 0.214 e. The van der Waals surface area contributed by atoms with Crippen LogP contribution in [0.2, 0.25) is 0 Å². The van der Waals surface area contributed by atoms with Crippen LogP contribution >= 0.6 is 0 Å². The van der Waals surface area contributed by atoms with E-state index < -0.39 is 29.2 Å². The number of hydrogen-bond donors (Lipinski definition) is 2. The highest BCUT2D eigenvalue weighted by Gasteiger charge is 2.17. The van der Waals surface area contributed by atoms with Gasteiger partial charge in [0.15, 0.2) is 0 Å². The molecule has 0 bridgehead atoms. The van der Waals surface area contributed by atoms with E-state index in [0.29, 0.717) is 0 Å². The zero-order chi connectivity index (χ0) is 13.8. The molecule has 0 spiro atoms. The second-order valence-electron chi connectivity index (χ2n) is 3.88. The number of aliphatic hydroxyl groups is 1. The molecule has 1 unspecified atom stereocenters. The molecular weight excluding hydrogens is 257 g/mol. The molecule has 0 saturated carbocycles. The Morgan fingerprint density at radius 1 is 1.05 bits per heavy atom. The van der Waals surface area contributed by atoms with E-state index in [1.54, 1.807) is 0 Å². The van der Waals surface area contributed by atoms with Gasteiger partial charge in [0.05, 0.1) is 5.56 Å². The van der Waals surface area contributed by atoms with Gasteiger partial charge in [-0.25, -0.2) is 13.8 Å². The second-order valence-corrected chi connectivity index (χ2v) is 3.88. The highest BCUT2D eigenvalue weighted by atomic mass is 19.1. The van der Waals surface area contributed by atoms with Gasteiger partial charge in [0.25, 0.3) is 0 Å². The minimum Gasteiger partial charge on any atom is -0.386 e. The van der Waals surface area contributed by atoms with Gasteiger partial charge in [-0.05, 0) is 24.3 Å². The van der Waals surface area contributed by atoms with Gasteiger partial charge in [-0.3, -0.25) is 0 Å². The molecule has 100 valence electrons. The molecule has 19 heavy (non-hydrogen) atoms. The van der Waals surface area contributed by atoms with Gasteiger partial charge >= 0.3 is 0 Å². The Kier molecular flexibility index (Phi) is 4.01. The van der Waals surface area contributed by atoms with Crippen LogP contribution in [0.15, 0.2) is 36.4 Å². The Morgan fingerprint density at radius 3 is 2.32 bits per heavy atom. The minimum absolute atomic E-state index is 0.177. The number of aromatic nitrogens is 1. The summed E-state index contributed by atoms with van der Waals surface area (Å²) in [6.07, 6.45) is -1.40. The van der Waals surface area contributed by atoms with Crippen LogP contribution in [0.3, 0.4) is 0 Å². The number of hydrogen-bond acceptors (Lipinski definition) is 3. The maximum atomic E-state index is 13.4. The molecule has 2 N–H and O–H groups in total. The number of aliphatic hydroxyl groups excluding tert-OH is 1. The smallest absolute Gasteiger partial charge is 0.214 e. The predicted molar refractivity (Wildman–Crippen MR) is 64.0 cm³/mol. The molecule has 2 rings (SSSR count). The SMILES string of the molecule is OC(CNc1cccc(F)n1)c1c(F)cccc1F.